The molecule has 152 valence electrons. The van der Waals surface area contributed by atoms with E-state index >= 15 is 0 Å². The molecule has 1 aliphatic heterocycles. The molecule has 1 aromatic heterocycles. The van der Waals surface area contributed by atoms with E-state index in [0.29, 0.717) is 11.0 Å². The van der Waals surface area contributed by atoms with Crippen LogP contribution in [0.5, 0.6) is 0 Å². The number of halogens is 1. The van der Waals surface area contributed by atoms with Gasteiger partial charge in [-0.05, 0) is 77.4 Å². The standard InChI is InChI=1S/C22H32ClN5/c1-4-28(14-8-13-27-11-6-5-7-12-27)21-16-18(3)24-22(26-21)25-20-10-9-17(2)15-19(20)23/h9-10,15-16H,4-8,11-14H2,1-3H3,(H,24,25,26). The average molecular weight is 402 g/mol. The summed E-state index contributed by atoms with van der Waals surface area (Å²) in [6.07, 6.45) is 5.24. The van der Waals surface area contributed by atoms with Crippen LogP contribution < -0.4 is 10.2 Å². The van der Waals surface area contributed by atoms with Gasteiger partial charge in [-0.25, -0.2) is 4.98 Å². The van der Waals surface area contributed by atoms with Gasteiger partial charge in [0, 0.05) is 24.8 Å². The van der Waals surface area contributed by atoms with Crippen molar-refractivity contribution in [3.8, 4) is 0 Å². The van der Waals surface area contributed by atoms with Crippen LogP contribution in [-0.4, -0.2) is 47.6 Å². The second kappa shape index (κ2) is 10.1. The number of likely N-dealkylation sites (tertiary alicyclic amines) is 1. The van der Waals surface area contributed by atoms with Gasteiger partial charge in [0.15, 0.2) is 0 Å². The van der Waals surface area contributed by atoms with E-state index in [2.05, 4.69) is 33.1 Å². The molecular formula is C22H32ClN5. The van der Waals surface area contributed by atoms with Crippen molar-refractivity contribution in [2.75, 3.05) is 42.9 Å². The number of piperidine rings is 1. The van der Waals surface area contributed by atoms with Gasteiger partial charge in [-0.1, -0.05) is 24.1 Å². The maximum Gasteiger partial charge on any atom is 0.229 e. The first-order valence-corrected chi connectivity index (χ1v) is 10.8. The smallest absolute Gasteiger partial charge is 0.229 e. The lowest BCUT2D eigenvalue weighted by molar-refractivity contribution is 0.227. The zero-order chi connectivity index (χ0) is 19.9. The van der Waals surface area contributed by atoms with Gasteiger partial charge >= 0.3 is 0 Å². The summed E-state index contributed by atoms with van der Waals surface area (Å²) in [5, 5.41) is 3.96. The molecule has 0 saturated carbocycles. The molecule has 0 bridgehead atoms. The maximum atomic E-state index is 6.36. The monoisotopic (exact) mass is 401 g/mol. The zero-order valence-electron chi connectivity index (χ0n) is 17.3. The predicted octanol–water partition coefficient (Wildman–Crippen LogP) is 5.19. The second-order valence-corrected chi connectivity index (χ2v) is 8.04. The Hall–Kier alpha value is -1.85. The van der Waals surface area contributed by atoms with E-state index in [9.17, 15) is 0 Å². The molecule has 0 unspecified atom stereocenters. The Bertz CT molecular complexity index is 774. The number of aromatic nitrogens is 2. The lowest BCUT2D eigenvalue weighted by atomic mass is 10.1. The topological polar surface area (TPSA) is 44.3 Å². The van der Waals surface area contributed by atoms with Crippen LogP contribution in [0.1, 0.15) is 43.9 Å². The summed E-state index contributed by atoms with van der Waals surface area (Å²) in [6.45, 7) is 11.8. The highest BCUT2D eigenvalue weighted by Gasteiger charge is 2.13. The van der Waals surface area contributed by atoms with Gasteiger partial charge in [-0.3, -0.25) is 0 Å². The van der Waals surface area contributed by atoms with E-state index in [0.717, 1.165) is 42.3 Å². The summed E-state index contributed by atoms with van der Waals surface area (Å²) >= 11 is 6.36. The largest absolute Gasteiger partial charge is 0.357 e. The summed E-state index contributed by atoms with van der Waals surface area (Å²) in [5.41, 5.74) is 2.91. The van der Waals surface area contributed by atoms with Gasteiger partial charge < -0.3 is 15.1 Å². The van der Waals surface area contributed by atoms with E-state index in [-0.39, 0.29) is 0 Å². The number of nitrogens with zero attached hydrogens (tertiary/aromatic N) is 4. The Morgan fingerprint density at radius 2 is 1.89 bits per heavy atom. The Morgan fingerprint density at radius 3 is 2.61 bits per heavy atom. The van der Waals surface area contributed by atoms with Gasteiger partial charge in [0.05, 0.1) is 10.7 Å². The molecule has 0 atom stereocenters. The van der Waals surface area contributed by atoms with Crippen molar-refractivity contribution in [1.29, 1.82) is 0 Å². The van der Waals surface area contributed by atoms with Crippen molar-refractivity contribution in [3.63, 3.8) is 0 Å². The van der Waals surface area contributed by atoms with Crippen LogP contribution in [0.3, 0.4) is 0 Å². The van der Waals surface area contributed by atoms with E-state index in [4.69, 9.17) is 16.6 Å². The first-order valence-electron chi connectivity index (χ1n) is 10.4. The van der Waals surface area contributed by atoms with Crippen LogP contribution in [0.25, 0.3) is 0 Å². The molecule has 6 heteroatoms. The molecule has 0 amide bonds. The van der Waals surface area contributed by atoms with E-state index in [1.807, 2.05) is 32.0 Å². The molecule has 2 heterocycles. The Kier molecular flexibility index (Phi) is 7.51. The molecule has 0 aliphatic carbocycles. The Labute approximate surface area is 174 Å². The molecule has 5 nitrogen and oxygen atoms in total. The molecule has 0 spiro atoms. The van der Waals surface area contributed by atoms with E-state index in [1.54, 1.807) is 0 Å². The van der Waals surface area contributed by atoms with E-state index in [1.165, 1.54) is 38.9 Å². The van der Waals surface area contributed by atoms with Crippen LogP contribution in [-0.2, 0) is 0 Å². The zero-order valence-corrected chi connectivity index (χ0v) is 18.1. The highest BCUT2D eigenvalue weighted by molar-refractivity contribution is 6.33. The predicted molar refractivity (Wildman–Crippen MR) is 119 cm³/mol. The Balaban J connectivity index is 1.66. The number of benzene rings is 1. The summed E-state index contributed by atoms with van der Waals surface area (Å²) in [5.74, 6) is 1.56. The summed E-state index contributed by atoms with van der Waals surface area (Å²) in [6, 6.07) is 8.01. The van der Waals surface area contributed by atoms with Gasteiger partial charge in [0.25, 0.3) is 0 Å². The number of hydrogen-bond acceptors (Lipinski definition) is 5. The highest BCUT2D eigenvalue weighted by atomic mass is 35.5. The first kappa shape index (κ1) is 20.9. The van der Waals surface area contributed by atoms with Crippen LogP contribution in [0.2, 0.25) is 5.02 Å². The van der Waals surface area contributed by atoms with Crippen LogP contribution in [0, 0.1) is 13.8 Å². The molecule has 0 radical (unpaired) electrons. The normalized spacial score (nSPS) is 14.9. The number of aryl methyl sites for hydroxylation is 2. The third-order valence-corrected chi connectivity index (χ3v) is 5.58. The van der Waals surface area contributed by atoms with Gasteiger partial charge in [0.1, 0.15) is 5.82 Å². The minimum atomic E-state index is 0.593. The fraction of sp³-hybridized carbons (Fsp3) is 0.545. The van der Waals surface area contributed by atoms with E-state index < -0.39 is 0 Å². The molecular weight excluding hydrogens is 370 g/mol. The summed E-state index contributed by atoms with van der Waals surface area (Å²) in [7, 11) is 0. The highest BCUT2D eigenvalue weighted by Crippen LogP contribution is 2.26. The fourth-order valence-corrected chi connectivity index (χ4v) is 4.00. The SMILES string of the molecule is CCN(CCCN1CCCCC1)c1cc(C)nc(Nc2ccc(C)cc2Cl)n1. The van der Waals surface area contributed by atoms with Crippen LogP contribution in [0.4, 0.5) is 17.5 Å². The minimum absolute atomic E-state index is 0.593. The molecule has 3 rings (SSSR count). The molecule has 1 aliphatic rings. The quantitative estimate of drug-likeness (QED) is 0.659. The lowest BCUT2D eigenvalue weighted by Crippen LogP contribution is -2.33. The molecule has 2 aromatic rings. The first-order chi connectivity index (χ1) is 13.5. The van der Waals surface area contributed by atoms with Crippen LogP contribution >= 0.6 is 11.6 Å². The molecule has 1 saturated heterocycles. The number of rotatable bonds is 8. The molecule has 1 fully saturated rings. The lowest BCUT2D eigenvalue weighted by Gasteiger charge is -2.28. The second-order valence-electron chi connectivity index (χ2n) is 7.63. The van der Waals surface area contributed by atoms with Gasteiger partial charge in [0.2, 0.25) is 5.95 Å². The van der Waals surface area contributed by atoms with Gasteiger partial charge in [-0.15, -0.1) is 0 Å². The van der Waals surface area contributed by atoms with Crippen molar-refractivity contribution in [3.05, 3.63) is 40.5 Å². The average Bonchev–Trinajstić information content (AvgIpc) is 2.68. The van der Waals surface area contributed by atoms with Crippen molar-refractivity contribution >= 4 is 29.1 Å². The molecule has 1 N–H and O–H groups in total. The van der Waals surface area contributed by atoms with Crippen molar-refractivity contribution < 1.29 is 0 Å². The maximum absolute atomic E-state index is 6.36. The summed E-state index contributed by atoms with van der Waals surface area (Å²) < 4.78 is 0. The Morgan fingerprint density at radius 1 is 1.11 bits per heavy atom. The molecule has 1 aromatic carbocycles. The minimum Gasteiger partial charge on any atom is -0.357 e. The number of nitrogens with one attached hydrogen (secondary N) is 1. The summed E-state index contributed by atoms with van der Waals surface area (Å²) in [4.78, 5) is 14.2. The van der Waals surface area contributed by atoms with Crippen molar-refractivity contribution in [2.24, 2.45) is 0 Å². The van der Waals surface area contributed by atoms with Crippen molar-refractivity contribution in [1.82, 2.24) is 14.9 Å². The third kappa shape index (κ3) is 5.82. The number of anilines is 3. The third-order valence-electron chi connectivity index (χ3n) is 5.27. The number of hydrogen-bond donors (Lipinski definition) is 1. The van der Waals surface area contributed by atoms with Crippen molar-refractivity contribution in [2.45, 2.75) is 46.5 Å². The fourth-order valence-electron chi connectivity index (χ4n) is 3.71. The van der Waals surface area contributed by atoms with Gasteiger partial charge in [-0.2, -0.15) is 4.98 Å². The molecule has 28 heavy (non-hydrogen) atoms. The van der Waals surface area contributed by atoms with Crippen LogP contribution in [0.15, 0.2) is 24.3 Å².